The van der Waals surface area contributed by atoms with E-state index in [-0.39, 0.29) is 5.91 Å². The Morgan fingerprint density at radius 3 is 2.62 bits per heavy atom. The fraction of sp³-hybridized carbons (Fsp3) is 0.471. The van der Waals surface area contributed by atoms with Crippen molar-refractivity contribution in [3.05, 3.63) is 29.3 Å². The average molecular weight is 349 g/mol. The van der Waals surface area contributed by atoms with Crippen LogP contribution in [0.5, 0.6) is 11.5 Å². The van der Waals surface area contributed by atoms with Crippen molar-refractivity contribution >= 4 is 22.4 Å². The SMILES string of the molecule is CCCCc1nnc(NC(=O)CCCOc2ccc(OC)cc2)s1. The predicted molar refractivity (Wildman–Crippen MR) is 94.9 cm³/mol. The summed E-state index contributed by atoms with van der Waals surface area (Å²) in [7, 11) is 1.62. The zero-order valence-electron chi connectivity index (χ0n) is 14.1. The van der Waals surface area contributed by atoms with Gasteiger partial charge in [0.15, 0.2) is 0 Å². The minimum absolute atomic E-state index is 0.0634. The number of benzene rings is 1. The van der Waals surface area contributed by atoms with Gasteiger partial charge in [0.25, 0.3) is 0 Å². The molecule has 1 heterocycles. The monoisotopic (exact) mass is 349 g/mol. The molecule has 1 aromatic carbocycles. The first-order chi connectivity index (χ1) is 11.7. The second-order valence-electron chi connectivity index (χ2n) is 5.28. The van der Waals surface area contributed by atoms with Crippen LogP contribution in [0.3, 0.4) is 0 Å². The molecule has 0 saturated heterocycles. The molecule has 0 bridgehead atoms. The molecule has 24 heavy (non-hydrogen) atoms. The van der Waals surface area contributed by atoms with Crippen molar-refractivity contribution in [2.24, 2.45) is 0 Å². The molecule has 7 heteroatoms. The Balaban J connectivity index is 1.64. The van der Waals surface area contributed by atoms with Crippen molar-refractivity contribution in [2.45, 2.75) is 39.0 Å². The summed E-state index contributed by atoms with van der Waals surface area (Å²) >= 11 is 1.44. The lowest BCUT2D eigenvalue weighted by Gasteiger charge is -2.06. The number of methoxy groups -OCH3 is 1. The smallest absolute Gasteiger partial charge is 0.226 e. The van der Waals surface area contributed by atoms with E-state index >= 15 is 0 Å². The molecule has 1 N–H and O–H groups in total. The van der Waals surface area contributed by atoms with Crippen molar-refractivity contribution in [1.82, 2.24) is 10.2 Å². The molecule has 0 aliphatic rings. The van der Waals surface area contributed by atoms with Gasteiger partial charge in [-0.3, -0.25) is 4.79 Å². The topological polar surface area (TPSA) is 73.3 Å². The molecule has 1 amide bonds. The van der Waals surface area contributed by atoms with Gasteiger partial charge in [0, 0.05) is 12.8 Å². The Kier molecular flexibility index (Phi) is 7.48. The quantitative estimate of drug-likeness (QED) is 0.662. The molecule has 0 aliphatic carbocycles. The summed E-state index contributed by atoms with van der Waals surface area (Å²) in [5, 5.41) is 12.4. The number of aromatic nitrogens is 2. The van der Waals surface area contributed by atoms with Gasteiger partial charge in [0.2, 0.25) is 11.0 Å². The molecule has 1 aromatic heterocycles. The van der Waals surface area contributed by atoms with Gasteiger partial charge in [0.05, 0.1) is 13.7 Å². The fourth-order valence-electron chi connectivity index (χ4n) is 2.01. The van der Waals surface area contributed by atoms with Crippen LogP contribution >= 0.6 is 11.3 Å². The third kappa shape index (κ3) is 6.16. The molecule has 0 aliphatic heterocycles. The summed E-state index contributed by atoms with van der Waals surface area (Å²) in [6, 6.07) is 7.37. The summed E-state index contributed by atoms with van der Waals surface area (Å²) in [6.07, 6.45) is 4.15. The van der Waals surface area contributed by atoms with Crippen LogP contribution in [0.25, 0.3) is 0 Å². The summed E-state index contributed by atoms with van der Waals surface area (Å²) in [6.45, 7) is 2.62. The molecule has 0 spiro atoms. The van der Waals surface area contributed by atoms with Crippen LogP contribution in [-0.4, -0.2) is 29.8 Å². The lowest BCUT2D eigenvalue weighted by atomic mass is 10.3. The Morgan fingerprint density at radius 1 is 1.17 bits per heavy atom. The Morgan fingerprint density at radius 2 is 1.92 bits per heavy atom. The molecule has 0 unspecified atom stereocenters. The van der Waals surface area contributed by atoms with Crippen LogP contribution in [0, 0.1) is 0 Å². The average Bonchev–Trinajstić information content (AvgIpc) is 3.04. The van der Waals surface area contributed by atoms with Crippen LogP contribution in [0.15, 0.2) is 24.3 Å². The zero-order valence-corrected chi connectivity index (χ0v) is 14.9. The molecular weight excluding hydrogens is 326 g/mol. The summed E-state index contributed by atoms with van der Waals surface area (Å²) in [5.41, 5.74) is 0. The van der Waals surface area contributed by atoms with Gasteiger partial charge in [-0.25, -0.2) is 0 Å². The van der Waals surface area contributed by atoms with Crippen LogP contribution in [0.1, 0.15) is 37.6 Å². The van der Waals surface area contributed by atoms with Gasteiger partial charge in [-0.1, -0.05) is 24.7 Å². The summed E-state index contributed by atoms with van der Waals surface area (Å²) in [4.78, 5) is 11.9. The fourth-order valence-corrected chi connectivity index (χ4v) is 2.81. The second-order valence-corrected chi connectivity index (χ2v) is 6.34. The van der Waals surface area contributed by atoms with Gasteiger partial charge in [-0.05, 0) is 37.1 Å². The lowest BCUT2D eigenvalue weighted by Crippen LogP contribution is -2.12. The van der Waals surface area contributed by atoms with Crippen molar-refractivity contribution in [1.29, 1.82) is 0 Å². The molecule has 2 aromatic rings. The summed E-state index contributed by atoms with van der Waals surface area (Å²) < 4.78 is 10.7. The van der Waals surface area contributed by atoms with Gasteiger partial charge in [-0.15, -0.1) is 10.2 Å². The number of carbonyl (C=O) groups is 1. The molecule has 0 radical (unpaired) electrons. The predicted octanol–water partition coefficient (Wildman–Crippen LogP) is 3.69. The van der Waals surface area contributed by atoms with E-state index < -0.39 is 0 Å². The third-order valence-electron chi connectivity index (χ3n) is 3.33. The zero-order chi connectivity index (χ0) is 17.2. The van der Waals surface area contributed by atoms with Crippen molar-refractivity contribution in [3.8, 4) is 11.5 Å². The number of nitrogens with zero attached hydrogens (tertiary/aromatic N) is 2. The minimum Gasteiger partial charge on any atom is -0.497 e. The maximum absolute atomic E-state index is 11.9. The standard InChI is InChI=1S/C17H23N3O3S/c1-3-4-7-16-19-20-17(24-16)18-15(21)6-5-12-23-14-10-8-13(22-2)9-11-14/h8-11H,3-7,12H2,1-2H3,(H,18,20,21). The third-order valence-corrected chi connectivity index (χ3v) is 4.23. The summed E-state index contributed by atoms with van der Waals surface area (Å²) in [5.74, 6) is 1.49. The molecule has 0 fully saturated rings. The normalized spacial score (nSPS) is 10.4. The van der Waals surface area contributed by atoms with E-state index in [4.69, 9.17) is 9.47 Å². The van der Waals surface area contributed by atoms with Crippen LogP contribution in [0.2, 0.25) is 0 Å². The minimum atomic E-state index is -0.0634. The molecule has 0 saturated carbocycles. The van der Waals surface area contributed by atoms with Gasteiger partial charge >= 0.3 is 0 Å². The van der Waals surface area contributed by atoms with Crippen LogP contribution < -0.4 is 14.8 Å². The number of anilines is 1. The molecule has 2 rings (SSSR count). The molecule has 6 nitrogen and oxygen atoms in total. The first kappa shape index (κ1) is 18.2. The Bertz CT molecular complexity index is 628. The molecule has 130 valence electrons. The van der Waals surface area contributed by atoms with E-state index in [2.05, 4.69) is 22.4 Å². The number of amides is 1. The largest absolute Gasteiger partial charge is 0.497 e. The van der Waals surface area contributed by atoms with E-state index in [9.17, 15) is 4.79 Å². The van der Waals surface area contributed by atoms with E-state index in [0.717, 1.165) is 35.8 Å². The lowest BCUT2D eigenvalue weighted by molar-refractivity contribution is -0.116. The van der Waals surface area contributed by atoms with Gasteiger partial charge in [0.1, 0.15) is 16.5 Å². The Labute approximate surface area is 146 Å². The molecular formula is C17H23N3O3S. The van der Waals surface area contributed by atoms with E-state index in [1.807, 2.05) is 24.3 Å². The highest BCUT2D eigenvalue weighted by atomic mass is 32.1. The number of unbranched alkanes of at least 4 members (excludes halogenated alkanes) is 1. The van der Waals surface area contributed by atoms with E-state index in [0.29, 0.717) is 24.6 Å². The Hall–Kier alpha value is -2.15. The number of ether oxygens (including phenoxy) is 2. The van der Waals surface area contributed by atoms with Gasteiger partial charge in [-0.2, -0.15) is 0 Å². The van der Waals surface area contributed by atoms with Crippen molar-refractivity contribution in [2.75, 3.05) is 19.0 Å². The number of rotatable bonds is 10. The highest BCUT2D eigenvalue weighted by Crippen LogP contribution is 2.18. The number of hydrogen-bond acceptors (Lipinski definition) is 6. The van der Waals surface area contributed by atoms with Crippen molar-refractivity contribution < 1.29 is 14.3 Å². The number of aryl methyl sites for hydroxylation is 1. The van der Waals surface area contributed by atoms with Gasteiger partial charge < -0.3 is 14.8 Å². The number of nitrogens with one attached hydrogen (secondary N) is 1. The number of carbonyl (C=O) groups excluding carboxylic acids is 1. The first-order valence-electron chi connectivity index (χ1n) is 8.10. The highest BCUT2D eigenvalue weighted by molar-refractivity contribution is 7.15. The van der Waals surface area contributed by atoms with E-state index in [1.165, 1.54) is 11.3 Å². The highest BCUT2D eigenvalue weighted by Gasteiger charge is 2.08. The van der Waals surface area contributed by atoms with Crippen LogP contribution in [0.4, 0.5) is 5.13 Å². The van der Waals surface area contributed by atoms with Crippen LogP contribution in [-0.2, 0) is 11.2 Å². The maximum atomic E-state index is 11.9. The first-order valence-corrected chi connectivity index (χ1v) is 8.92. The van der Waals surface area contributed by atoms with Crippen molar-refractivity contribution in [3.63, 3.8) is 0 Å². The second kappa shape index (κ2) is 9.87. The maximum Gasteiger partial charge on any atom is 0.226 e. The number of hydrogen-bond donors (Lipinski definition) is 1. The van der Waals surface area contributed by atoms with E-state index in [1.54, 1.807) is 7.11 Å². The molecule has 0 atom stereocenters.